The van der Waals surface area contributed by atoms with Gasteiger partial charge in [-0.15, -0.1) is 10.2 Å². The quantitative estimate of drug-likeness (QED) is 0.892. The van der Waals surface area contributed by atoms with Crippen LogP contribution in [0.5, 0.6) is 0 Å². The molecule has 1 aliphatic rings. The molecular formula is C17H21F2N5O. The molecule has 0 aliphatic carbocycles. The molecule has 0 spiro atoms. The Morgan fingerprint density at radius 2 is 2.08 bits per heavy atom. The first kappa shape index (κ1) is 17.3. The molecule has 1 aromatic carbocycles. The van der Waals surface area contributed by atoms with Gasteiger partial charge >= 0.3 is 6.03 Å². The van der Waals surface area contributed by atoms with E-state index in [0.29, 0.717) is 5.56 Å². The van der Waals surface area contributed by atoms with Gasteiger partial charge in [0.05, 0.1) is 12.6 Å². The number of halogens is 2. The Bertz CT molecular complexity index is 761. The number of aryl methyl sites for hydroxylation is 1. The van der Waals surface area contributed by atoms with E-state index in [1.165, 1.54) is 12.5 Å². The van der Waals surface area contributed by atoms with Crippen LogP contribution in [0.3, 0.4) is 0 Å². The zero-order chi connectivity index (χ0) is 17.8. The summed E-state index contributed by atoms with van der Waals surface area (Å²) >= 11 is 0. The van der Waals surface area contributed by atoms with E-state index in [9.17, 15) is 13.6 Å². The van der Waals surface area contributed by atoms with Crippen LogP contribution in [0, 0.1) is 11.6 Å². The van der Waals surface area contributed by atoms with Gasteiger partial charge in [0.15, 0.2) is 17.5 Å². The molecule has 3 rings (SSSR count). The number of fused-ring (bicyclic) bond motifs is 1. The third-order valence-corrected chi connectivity index (χ3v) is 4.38. The van der Waals surface area contributed by atoms with Crippen molar-refractivity contribution in [2.75, 3.05) is 0 Å². The largest absolute Gasteiger partial charge is 0.332 e. The summed E-state index contributed by atoms with van der Waals surface area (Å²) in [6, 6.07) is 2.72. The number of carbonyl (C=O) groups is 1. The lowest BCUT2D eigenvalue weighted by Crippen LogP contribution is -2.37. The Labute approximate surface area is 144 Å². The molecule has 2 N–H and O–H groups in total. The number of hydrogen-bond donors (Lipinski definition) is 2. The summed E-state index contributed by atoms with van der Waals surface area (Å²) in [6.07, 6.45) is 4.27. The average Bonchev–Trinajstić information content (AvgIpc) is 2.82. The minimum Gasteiger partial charge on any atom is -0.332 e. The van der Waals surface area contributed by atoms with Gasteiger partial charge in [0.1, 0.15) is 5.82 Å². The van der Waals surface area contributed by atoms with Gasteiger partial charge in [-0.05, 0) is 37.5 Å². The van der Waals surface area contributed by atoms with Gasteiger partial charge in [-0.25, -0.2) is 13.6 Å². The summed E-state index contributed by atoms with van der Waals surface area (Å²) in [4.78, 5) is 12.1. The maximum atomic E-state index is 13.3. The van der Waals surface area contributed by atoms with Crippen LogP contribution in [0.25, 0.3) is 0 Å². The zero-order valence-electron chi connectivity index (χ0n) is 14.1. The standard InChI is InChI=1S/C17H21F2N5O/c1-11(12-6-7-13(18)14(19)9-12)21-17(25)20-10-16-23-22-15-5-3-2-4-8-24(15)16/h6-7,9,11H,2-5,8,10H2,1H3,(H2,20,21,25). The second-order valence-corrected chi connectivity index (χ2v) is 6.22. The van der Waals surface area contributed by atoms with Gasteiger partial charge in [-0.2, -0.15) is 0 Å². The Balaban J connectivity index is 1.56. The number of rotatable bonds is 4. The number of nitrogens with one attached hydrogen (secondary N) is 2. The minimum absolute atomic E-state index is 0.267. The van der Waals surface area contributed by atoms with E-state index >= 15 is 0 Å². The molecule has 0 saturated heterocycles. The number of hydrogen-bond acceptors (Lipinski definition) is 3. The van der Waals surface area contributed by atoms with Crippen molar-refractivity contribution in [3.05, 3.63) is 47.0 Å². The number of urea groups is 1. The van der Waals surface area contributed by atoms with E-state index in [2.05, 4.69) is 25.4 Å². The Morgan fingerprint density at radius 3 is 2.88 bits per heavy atom. The maximum absolute atomic E-state index is 13.3. The van der Waals surface area contributed by atoms with Gasteiger partial charge < -0.3 is 15.2 Å². The first-order valence-electron chi connectivity index (χ1n) is 8.45. The third kappa shape index (κ3) is 4.12. The monoisotopic (exact) mass is 349 g/mol. The van der Waals surface area contributed by atoms with Gasteiger partial charge in [0, 0.05) is 13.0 Å². The van der Waals surface area contributed by atoms with Gasteiger partial charge in [0.25, 0.3) is 0 Å². The SMILES string of the molecule is CC(NC(=O)NCc1nnc2n1CCCCC2)c1ccc(F)c(F)c1. The van der Waals surface area contributed by atoms with Crippen molar-refractivity contribution in [3.8, 4) is 0 Å². The second-order valence-electron chi connectivity index (χ2n) is 6.22. The van der Waals surface area contributed by atoms with E-state index in [4.69, 9.17) is 0 Å². The predicted molar refractivity (Wildman–Crippen MR) is 87.7 cm³/mol. The molecule has 0 fully saturated rings. The Morgan fingerprint density at radius 1 is 1.24 bits per heavy atom. The van der Waals surface area contributed by atoms with Gasteiger partial charge in [-0.3, -0.25) is 0 Å². The molecule has 8 heteroatoms. The van der Waals surface area contributed by atoms with Crippen molar-refractivity contribution in [2.45, 2.75) is 51.7 Å². The molecule has 2 aromatic rings. The van der Waals surface area contributed by atoms with Crippen molar-refractivity contribution in [1.29, 1.82) is 0 Å². The van der Waals surface area contributed by atoms with Crippen LogP contribution in [-0.4, -0.2) is 20.8 Å². The molecule has 6 nitrogen and oxygen atoms in total. The maximum Gasteiger partial charge on any atom is 0.315 e. The van der Waals surface area contributed by atoms with Gasteiger partial charge in [0.2, 0.25) is 0 Å². The normalized spacial score (nSPS) is 15.2. The number of aromatic nitrogens is 3. The second kappa shape index (κ2) is 7.58. The molecule has 2 heterocycles. The summed E-state index contributed by atoms with van der Waals surface area (Å²) in [6.45, 7) is 2.84. The fourth-order valence-electron chi connectivity index (χ4n) is 2.95. The molecule has 25 heavy (non-hydrogen) atoms. The fourth-order valence-corrected chi connectivity index (χ4v) is 2.95. The topological polar surface area (TPSA) is 71.8 Å². The van der Waals surface area contributed by atoms with Crippen LogP contribution in [-0.2, 0) is 19.5 Å². The first-order chi connectivity index (χ1) is 12.0. The Kier molecular flexibility index (Phi) is 5.25. The molecule has 1 aliphatic heterocycles. The van der Waals surface area contributed by atoms with Crippen LogP contribution >= 0.6 is 0 Å². The molecular weight excluding hydrogens is 328 g/mol. The summed E-state index contributed by atoms with van der Waals surface area (Å²) in [5.74, 6) is -0.150. The van der Waals surface area contributed by atoms with Crippen molar-refractivity contribution < 1.29 is 13.6 Å². The fraction of sp³-hybridized carbons (Fsp3) is 0.471. The van der Waals surface area contributed by atoms with Crippen molar-refractivity contribution in [3.63, 3.8) is 0 Å². The lowest BCUT2D eigenvalue weighted by molar-refractivity contribution is 0.237. The van der Waals surface area contributed by atoms with E-state index in [-0.39, 0.29) is 6.54 Å². The summed E-state index contributed by atoms with van der Waals surface area (Å²) in [7, 11) is 0. The summed E-state index contributed by atoms with van der Waals surface area (Å²) < 4.78 is 28.3. The average molecular weight is 349 g/mol. The number of benzene rings is 1. The van der Waals surface area contributed by atoms with E-state index in [0.717, 1.165) is 49.6 Å². The Hall–Kier alpha value is -2.51. The first-order valence-corrected chi connectivity index (χ1v) is 8.45. The third-order valence-electron chi connectivity index (χ3n) is 4.38. The van der Waals surface area contributed by atoms with E-state index in [1.54, 1.807) is 6.92 Å². The molecule has 0 bridgehead atoms. The molecule has 0 radical (unpaired) electrons. The number of carbonyl (C=O) groups excluding carboxylic acids is 1. The minimum atomic E-state index is -0.933. The van der Waals surface area contributed by atoms with Crippen molar-refractivity contribution in [1.82, 2.24) is 25.4 Å². The summed E-state index contributed by atoms with van der Waals surface area (Å²) in [5, 5.41) is 13.8. The molecule has 0 saturated carbocycles. The van der Waals surface area contributed by atoms with Crippen molar-refractivity contribution >= 4 is 6.03 Å². The highest BCUT2D eigenvalue weighted by atomic mass is 19.2. The summed E-state index contributed by atoms with van der Waals surface area (Å²) in [5.41, 5.74) is 0.491. The van der Waals surface area contributed by atoms with Crippen LogP contribution in [0.1, 0.15) is 49.4 Å². The zero-order valence-corrected chi connectivity index (χ0v) is 14.1. The molecule has 134 valence electrons. The van der Waals surface area contributed by atoms with Gasteiger partial charge in [-0.1, -0.05) is 12.5 Å². The predicted octanol–water partition coefficient (Wildman–Crippen LogP) is 2.84. The number of nitrogens with zero attached hydrogens (tertiary/aromatic N) is 3. The lowest BCUT2D eigenvalue weighted by Gasteiger charge is -2.15. The van der Waals surface area contributed by atoms with E-state index < -0.39 is 23.7 Å². The number of amides is 2. The highest BCUT2D eigenvalue weighted by Crippen LogP contribution is 2.16. The smallest absolute Gasteiger partial charge is 0.315 e. The molecule has 1 unspecified atom stereocenters. The van der Waals surface area contributed by atoms with E-state index in [1.807, 2.05) is 0 Å². The molecule has 1 aromatic heterocycles. The van der Waals surface area contributed by atoms with Crippen molar-refractivity contribution in [2.24, 2.45) is 0 Å². The van der Waals surface area contributed by atoms with Crippen LogP contribution < -0.4 is 10.6 Å². The van der Waals surface area contributed by atoms with Crippen LogP contribution in [0.4, 0.5) is 13.6 Å². The van der Waals surface area contributed by atoms with Crippen LogP contribution in [0.2, 0.25) is 0 Å². The highest BCUT2D eigenvalue weighted by Gasteiger charge is 2.16. The lowest BCUT2D eigenvalue weighted by atomic mass is 10.1. The molecule has 1 atom stereocenters. The highest BCUT2D eigenvalue weighted by molar-refractivity contribution is 5.74. The van der Waals surface area contributed by atoms with Crippen LogP contribution in [0.15, 0.2) is 18.2 Å². The molecule has 2 amide bonds.